The zero-order valence-electron chi connectivity index (χ0n) is 23.3. The largest absolute Gasteiger partial charge is 0.497 e. The summed E-state index contributed by atoms with van der Waals surface area (Å²) < 4.78 is 22.1. The highest BCUT2D eigenvalue weighted by molar-refractivity contribution is 7.99. The number of aromatic nitrogens is 4. The zero-order valence-corrected chi connectivity index (χ0v) is 25.8. The van der Waals surface area contributed by atoms with Crippen LogP contribution in [0.1, 0.15) is 21.1 Å². The van der Waals surface area contributed by atoms with E-state index < -0.39 is 12.2 Å². The summed E-state index contributed by atoms with van der Waals surface area (Å²) in [4.78, 5) is 25.4. The molecule has 224 valence electrons. The third-order valence-electron chi connectivity index (χ3n) is 6.78. The van der Waals surface area contributed by atoms with E-state index in [9.17, 15) is 9.59 Å². The van der Waals surface area contributed by atoms with E-state index in [1.54, 1.807) is 26.0 Å². The first-order valence-corrected chi connectivity index (χ1v) is 16.3. The second kappa shape index (κ2) is 13.1. The van der Waals surface area contributed by atoms with Crippen LogP contribution in [0.4, 0.5) is 10.3 Å². The zero-order chi connectivity index (χ0) is 29.8. The third kappa shape index (κ3) is 7.00. The van der Waals surface area contributed by atoms with Crippen LogP contribution in [0.15, 0.2) is 36.4 Å². The van der Waals surface area contributed by atoms with Crippen molar-refractivity contribution in [2.75, 3.05) is 36.4 Å². The molecule has 2 aliphatic heterocycles. The molecule has 0 saturated carbocycles. The van der Waals surface area contributed by atoms with Gasteiger partial charge in [0.15, 0.2) is 12.2 Å². The number of fused-ring (bicyclic) bond motifs is 2. The Labute approximate surface area is 259 Å². The van der Waals surface area contributed by atoms with Gasteiger partial charge in [0.05, 0.1) is 14.2 Å². The van der Waals surface area contributed by atoms with Gasteiger partial charge >= 0.3 is 0 Å². The van der Waals surface area contributed by atoms with Crippen LogP contribution in [-0.2, 0) is 35.3 Å². The van der Waals surface area contributed by atoms with Gasteiger partial charge in [-0.15, -0.1) is 20.4 Å². The number of nitrogens with zero attached hydrogens (tertiary/aromatic N) is 4. The van der Waals surface area contributed by atoms with Crippen molar-refractivity contribution in [2.45, 2.75) is 37.9 Å². The van der Waals surface area contributed by atoms with Gasteiger partial charge in [-0.25, -0.2) is 0 Å². The van der Waals surface area contributed by atoms with Crippen LogP contribution in [0, 0.1) is 0 Å². The molecule has 2 aromatic carbocycles. The van der Waals surface area contributed by atoms with E-state index in [1.807, 2.05) is 36.4 Å². The van der Waals surface area contributed by atoms with Gasteiger partial charge in [0, 0.05) is 36.8 Å². The Morgan fingerprint density at radius 2 is 1.26 bits per heavy atom. The molecule has 6 rings (SSSR count). The highest BCUT2D eigenvalue weighted by Crippen LogP contribution is 2.34. The minimum atomic E-state index is -0.614. The van der Waals surface area contributed by atoms with E-state index in [-0.39, 0.29) is 11.8 Å². The standard InChI is InChI=1S/C28H28N6O6S3/c1-37-17-3-5-19-15(11-17)13-21(39-19)25(35)29-27-33-31-23(42-27)7-9-41-10-8-24-32-34-28(43-24)30-26(36)22-14-16-12-18(38-2)4-6-20(16)40-22/h3-6,11-12,21-22H,7-10,13-14H2,1-2H3,(H,29,33,35)(H,30,34,36). The Hall–Kier alpha value is -3.95. The average Bonchev–Trinajstić information content (AvgIpc) is 3.82. The molecule has 2 amide bonds. The van der Waals surface area contributed by atoms with Crippen LogP contribution in [0.3, 0.4) is 0 Å². The third-order valence-corrected chi connectivity index (χ3v) is 9.57. The maximum atomic E-state index is 12.7. The van der Waals surface area contributed by atoms with Gasteiger partial charge < -0.3 is 18.9 Å². The summed E-state index contributed by atoms with van der Waals surface area (Å²) in [6.45, 7) is 0. The lowest BCUT2D eigenvalue weighted by Gasteiger charge is -2.09. The normalized spacial score (nSPS) is 16.5. The lowest BCUT2D eigenvalue weighted by Crippen LogP contribution is -2.31. The van der Waals surface area contributed by atoms with Gasteiger partial charge in [0.25, 0.3) is 11.8 Å². The minimum absolute atomic E-state index is 0.249. The number of rotatable bonds is 12. The predicted molar refractivity (Wildman–Crippen MR) is 164 cm³/mol. The second-order valence-corrected chi connectivity index (χ2v) is 13.0. The number of carbonyl (C=O) groups is 2. The van der Waals surface area contributed by atoms with Crippen LogP contribution >= 0.6 is 34.4 Å². The molecule has 0 fully saturated rings. The number of benzene rings is 2. The van der Waals surface area contributed by atoms with Gasteiger partial charge in [0.2, 0.25) is 10.3 Å². The maximum Gasteiger partial charge on any atom is 0.267 e. The Morgan fingerprint density at radius 3 is 1.70 bits per heavy atom. The number of nitrogens with one attached hydrogen (secondary N) is 2. The van der Waals surface area contributed by atoms with Gasteiger partial charge in [-0.1, -0.05) is 22.7 Å². The molecule has 0 bridgehead atoms. The van der Waals surface area contributed by atoms with E-state index >= 15 is 0 Å². The van der Waals surface area contributed by atoms with E-state index in [2.05, 4.69) is 31.0 Å². The minimum Gasteiger partial charge on any atom is -0.497 e. The summed E-state index contributed by atoms with van der Waals surface area (Å²) in [5, 5.41) is 24.9. The molecule has 0 saturated heterocycles. The number of thioether (sulfide) groups is 1. The number of hydrogen-bond donors (Lipinski definition) is 2. The lowest BCUT2D eigenvalue weighted by atomic mass is 10.1. The summed E-state index contributed by atoms with van der Waals surface area (Å²) in [5.41, 5.74) is 1.88. The molecule has 0 spiro atoms. The van der Waals surface area contributed by atoms with Crippen molar-refractivity contribution in [1.29, 1.82) is 0 Å². The molecule has 2 aliphatic rings. The lowest BCUT2D eigenvalue weighted by molar-refractivity contribution is -0.122. The van der Waals surface area contributed by atoms with Crippen molar-refractivity contribution in [3.8, 4) is 23.0 Å². The monoisotopic (exact) mass is 640 g/mol. The van der Waals surface area contributed by atoms with E-state index in [1.165, 1.54) is 22.7 Å². The second-order valence-electron chi connectivity index (χ2n) is 9.66. The summed E-state index contributed by atoms with van der Waals surface area (Å²) in [5.74, 6) is 4.04. The molecule has 0 radical (unpaired) electrons. The van der Waals surface area contributed by atoms with Gasteiger partial charge in [-0.3, -0.25) is 20.2 Å². The van der Waals surface area contributed by atoms with Crippen molar-refractivity contribution in [3.63, 3.8) is 0 Å². The molecule has 4 aromatic rings. The van der Waals surface area contributed by atoms with Crippen molar-refractivity contribution in [3.05, 3.63) is 57.5 Å². The molecule has 2 N–H and O–H groups in total. The fraction of sp³-hybridized carbons (Fsp3) is 0.357. The van der Waals surface area contributed by atoms with Crippen LogP contribution in [0.2, 0.25) is 0 Å². The van der Waals surface area contributed by atoms with Crippen molar-refractivity contribution >= 4 is 56.5 Å². The molecule has 0 aliphatic carbocycles. The number of amides is 2. The first-order chi connectivity index (χ1) is 21.0. The fourth-order valence-corrected chi connectivity index (χ4v) is 7.22. The van der Waals surface area contributed by atoms with Crippen LogP contribution in [0.25, 0.3) is 0 Å². The van der Waals surface area contributed by atoms with Crippen molar-refractivity contribution in [1.82, 2.24) is 20.4 Å². The quantitative estimate of drug-likeness (QED) is 0.218. The van der Waals surface area contributed by atoms with E-state index in [0.717, 1.165) is 57.0 Å². The van der Waals surface area contributed by atoms with Gasteiger partial charge in [0.1, 0.15) is 33.0 Å². The Balaban J connectivity index is 0.885. The maximum absolute atomic E-state index is 12.7. The number of carbonyl (C=O) groups excluding carboxylic acids is 2. The van der Waals surface area contributed by atoms with Crippen LogP contribution in [-0.4, -0.2) is 70.1 Å². The van der Waals surface area contributed by atoms with Gasteiger partial charge in [-0.05, 0) is 47.9 Å². The van der Waals surface area contributed by atoms with Crippen molar-refractivity contribution in [2.24, 2.45) is 0 Å². The Kier molecular flexibility index (Phi) is 8.90. The topological polar surface area (TPSA) is 147 Å². The van der Waals surface area contributed by atoms with Crippen LogP contribution in [0.5, 0.6) is 23.0 Å². The molecule has 12 nitrogen and oxygen atoms in total. The SMILES string of the molecule is COc1ccc2c(c1)CC(C(=O)Nc1nnc(CCSCCc3nnc(NC(=O)C4Cc5cc(OC)ccc5O4)s3)s1)O2. The summed E-state index contributed by atoms with van der Waals surface area (Å²) in [6, 6.07) is 11.0. The highest BCUT2D eigenvalue weighted by Gasteiger charge is 2.31. The first-order valence-electron chi connectivity index (χ1n) is 13.5. The average molecular weight is 641 g/mol. The fourth-order valence-electron chi connectivity index (χ4n) is 4.60. The highest BCUT2D eigenvalue weighted by atomic mass is 32.2. The molecule has 2 aromatic heterocycles. The summed E-state index contributed by atoms with van der Waals surface area (Å²) in [6.07, 6.45) is 1.19. The summed E-state index contributed by atoms with van der Waals surface area (Å²) in [7, 11) is 3.21. The number of ether oxygens (including phenoxy) is 4. The summed E-state index contributed by atoms with van der Waals surface area (Å²) >= 11 is 4.49. The molecule has 4 heterocycles. The molecule has 15 heteroatoms. The van der Waals surface area contributed by atoms with Crippen molar-refractivity contribution < 1.29 is 28.5 Å². The molecular weight excluding hydrogens is 613 g/mol. The Morgan fingerprint density at radius 1 is 0.791 bits per heavy atom. The molecule has 43 heavy (non-hydrogen) atoms. The smallest absolute Gasteiger partial charge is 0.267 e. The number of methoxy groups -OCH3 is 2. The first kappa shape index (κ1) is 29.1. The Bertz CT molecular complexity index is 1510. The number of aryl methyl sites for hydroxylation is 2. The van der Waals surface area contributed by atoms with E-state index in [4.69, 9.17) is 18.9 Å². The molecule has 2 atom stereocenters. The molecule has 2 unspecified atom stereocenters. The number of anilines is 2. The molecular formula is C28H28N6O6S3. The number of hydrogen-bond acceptors (Lipinski definition) is 13. The predicted octanol–water partition coefficient (Wildman–Crippen LogP) is 3.81. The van der Waals surface area contributed by atoms with E-state index in [0.29, 0.717) is 34.6 Å². The van der Waals surface area contributed by atoms with Gasteiger partial charge in [-0.2, -0.15) is 11.8 Å². The van der Waals surface area contributed by atoms with Crippen LogP contribution < -0.4 is 29.6 Å².